The van der Waals surface area contributed by atoms with E-state index in [0.717, 1.165) is 26.5 Å². The first-order chi connectivity index (χ1) is 9.66. The van der Waals surface area contributed by atoms with Crippen molar-refractivity contribution in [2.45, 2.75) is 0 Å². The fourth-order valence-corrected chi connectivity index (χ4v) is 2.67. The number of hydrogen-bond donors (Lipinski definition) is 2. The molecule has 3 nitrogen and oxygen atoms in total. The Kier molecular flexibility index (Phi) is 3.57. The fourth-order valence-electron chi connectivity index (χ4n) is 2.31. The molecule has 0 fully saturated rings. The maximum Gasteiger partial charge on any atom is 0.489 e. The number of hydrogen-bond acceptors (Lipinski definition) is 3. The average Bonchev–Trinajstić information content (AvgIpc) is 2.46. The highest BCUT2D eigenvalue weighted by Gasteiger charge is 2.18. The average molecular weight is 328 g/mol. The molecule has 3 rings (SSSR count). The second-order valence-corrected chi connectivity index (χ2v) is 5.40. The predicted octanol–water partition coefficient (Wildman–Crippen LogP) is 2.34. The van der Waals surface area contributed by atoms with E-state index in [1.807, 2.05) is 36.4 Å². The van der Waals surface area contributed by atoms with Gasteiger partial charge in [0.1, 0.15) is 0 Å². The SMILES string of the molecule is OB(O)c1ccc(Br)cc1-c1cccc2cccnc12. The molecule has 0 aliphatic heterocycles. The van der Waals surface area contributed by atoms with E-state index in [9.17, 15) is 10.0 Å². The predicted molar refractivity (Wildman–Crippen MR) is 84.7 cm³/mol. The summed E-state index contributed by atoms with van der Waals surface area (Å²) in [6.45, 7) is 0. The lowest BCUT2D eigenvalue weighted by atomic mass is 9.75. The molecule has 0 amide bonds. The van der Waals surface area contributed by atoms with Crippen molar-refractivity contribution in [3.05, 3.63) is 59.2 Å². The quantitative estimate of drug-likeness (QED) is 0.710. The Labute approximate surface area is 125 Å². The van der Waals surface area contributed by atoms with Crippen LogP contribution in [0.2, 0.25) is 0 Å². The zero-order chi connectivity index (χ0) is 14.1. The molecule has 3 aromatic rings. The minimum atomic E-state index is -1.52. The molecule has 0 saturated carbocycles. The van der Waals surface area contributed by atoms with Crippen molar-refractivity contribution < 1.29 is 10.0 Å². The maximum absolute atomic E-state index is 9.55. The highest BCUT2D eigenvalue weighted by molar-refractivity contribution is 9.10. The standard InChI is InChI=1S/C15H11BBrNO2/c17-11-6-7-14(16(19)20)13(9-11)12-5-1-3-10-4-2-8-18-15(10)12/h1-9,19-20H. The van der Waals surface area contributed by atoms with E-state index < -0.39 is 7.12 Å². The molecule has 20 heavy (non-hydrogen) atoms. The first-order valence-corrected chi connectivity index (χ1v) is 6.96. The number of halogens is 1. The van der Waals surface area contributed by atoms with Gasteiger partial charge >= 0.3 is 7.12 Å². The number of aromatic nitrogens is 1. The van der Waals surface area contributed by atoms with Gasteiger partial charge in [0.25, 0.3) is 0 Å². The van der Waals surface area contributed by atoms with Crippen LogP contribution in [0, 0.1) is 0 Å². The summed E-state index contributed by atoms with van der Waals surface area (Å²) in [5, 5.41) is 20.1. The molecular formula is C15H11BBrNO2. The Morgan fingerprint density at radius 2 is 1.75 bits per heavy atom. The molecular weight excluding hydrogens is 317 g/mol. The van der Waals surface area contributed by atoms with Crippen LogP contribution in [0.5, 0.6) is 0 Å². The largest absolute Gasteiger partial charge is 0.489 e. The van der Waals surface area contributed by atoms with Gasteiger partial charge in [-0.3, -0.25) is 4.98 Å². The number of para-hydroxylation sites is 1. The van der Waals surface area contributed by atoms with E-state index in [-0.39, 0.29) is 0 Å². The summed E-state index contributed by atoms with van der Waals surface area (Å²) in [6.07, 6.45) is 1.73. The first-order valence-electron chi connectivity index (χ1n) is 6.16. The van der Waals surface area contributed by atoms with Crippen molar-refractivity contribution in [2.24, 2.45) is 0 Å². The van der Waals surface area contributed by atoms with Crippen molar-refractivity contribution in [3.8, 4) is 11.1 Å². The molecule has 2 N–H and O–H groups in total. The van der Waals surface area contributed by atoms with Crippen LogP contribution >= 0.6 is 15.9 Å². The van der Waals surface area contributed by atoms with Gasteiger partial charge in [0.15, 0.2) is 0 Å². The summed E-state index contributed by atoms with van der Waals surface area (Å²) < 4.78 is 0.879. The lowest BCUT2D eigenvalue weighted by Gasteiger charge is -2.11. The van der Waals surface area contributed by atoms with E-state index in [2.05, 4.69) is 20.9 Å². The third-order valence-corrected chi connectivity index (χ3v) is 3.71. The zero-order valence-corrected chi connectivity index (χ0v) is 12.1. The molecule has 98 valence electrons. The molecule has 0 saturated heterocycles. The summed E-state index contributed by atoms with van der Waals surface area (Å²) in [4.78, 5) is 4.41. The fraction of sp³-hybridized carbons (Fsp3) is 0. The van der Waals surface area contributed by atoms with Crippen LogP contribution in [0.3, 0.4) is 0 Å². The second kappa shape index (κ2) is 5.36. The molecule has 0 aliphatic rings. The van der Waals surface area contributed by atoms with Gasteiger partial charge in [0.05, 0.1) is 5.52 Å². The molecule has 0 unspecified atom stereocenters. The number of fused-ring (bicyclic) bond motifs is 1. The summed E-state index contributed by atoms with van der Waals surface area (Å²) in [5.41, 5.74) is 2.95. The van der Waals surface area contributed by atoms with Crippen LogP contribution in [0.4, 0.5) is 0 Å². The lowest BCUT2D eigenvalue weighted by molar-refractivity contribution is 0.426. The van der Waals surface area contributed by atoms with Gasteiger partial charge in [-0.15, -0.1) is 0 Å². The summed E-state index contributed by atoms with van der Waals surface area (Å²) >= 11 is 3.42. The van der Waals surface area contributed by atoms with Gasteiger partial charge < -0.3 is 10.0 Å². The van der Waals surface area contributed by atoms with Gasteiger partial charge in [-0.2, -0.15) is 0 Å². The van der Waals surface area contributed by atoms with E-state index in [1.165, 1.54) is 0 Å². The molecule has 5 heteroatoms. The van der Waals surface area contributed by atoms with Crippen LogP contribution in [0.15, 0.2) is 59.2 Å². The molecule has 0 atom stereocenters. The highest BCUT2D eigenvalue weighted by Crippen LogP contribution is 2.27. The number of pyridine rings is 1. The Hall–Kier alpha value is -1.69. The minimum Gasteiger partial charge on any atom is -0.423 e. The van der Waals surface area contributed by atoms with E-state index >= 15 is 0 Å². The van der Waals surface area contributed by atoms with Crippen LogP contribution < -0.4 is 5.46 Å². The summed E-state index contributed by atoms with van der Waals surface area (Å²) in [7, 11) is -1.52. The molecule has 2 aromatic carbocycles. The van der Waals surface area contributed by atoms with E-state index in [0.29, 0.717) is 5.46 Å². The van der Waals surface area contributed by atoms with Crippen molar-refractivity contribution in [1.29, 1.82) is 0 Å². The number of nitrogens with zero attached hydrogens (tertiary/aromatic N) is 1. The molecule has 0 bridgehead atoms. The van der Waals surface area contributed by atoms with Gasteiger partial charge in [-0.1, -0.05) is 46.3 Å². The van der Waals surface area contributed by atoms with Gasteiger partial charge in [0, 0.05) is 21.6 Å². The van der Waals surface area contributed by atoms with Crippen molar-refractivity contribution in [2.75, 3.05) is 0 Å². The Bertz CT molecular complexity index is 771. The summed E-state index contributed by atoms with van der Waals surface area (Å²) in [5.74, 6) is 0. The van der Waals surface area contributed by atoms with Crippen LogP contribution in [-0.2, 0) is 0 Å². The molecule has 1 aromatic heterocycles. The topological polar surface area (TPSA) is 53.4 Å². The number of rotatable bonds is 2. The van der Waals surface area contributed by atoms with Crippen molar-refractivity contribution in [1.82, 2.24) is 4.98 Å². The Morgan fingerprint density at radius 3 is 2.55 bits per heavy atom. The molecule has 0 spiro atoms. The maximum atomic E-state index is 9.55. The van der Waals surface area contributed by atoms with E-state index in [4.69, 9.17) is 0 Å². The molecule has 1 heterocycles. The summed E-state index contributed by atoms with van der Waals surface area (Å²) in [6, 6.07) is 15.1. The Morgan fingerprint density at radius 1 is 0.950 bits per heavy atom. The minimum absolute atomic E-state index is 0.464. The van der Waals surface area contributed by atoms with Crippen molar-refractivity contribution >= 4 is 39.4 Å². The molecule has 0 aliphatic carbocycles. The zero-order valence-electron chi connectivity index (χ0n) is 10.5. The van der Waals surface area contributed by atoms with Gasteiger partial charge in [-0.25, -0.2) is 0 Å². The van der Waals surface area contributed by atoms with Gasteiger partial charge in [0.2, 0.25) is 0 Å². The number of benzene rings is 2. The monoisotopic (exact) mass is 327 g/mol. The highest BCUT2D eigenvalue weighted by atomic mass is 79.9. The third kappa shape index (κ3) is 2.35. The van der Waals surface area contributed by atoms with Crippen LogP contribution in [-0.4, -0.2) is 22.2 Å². The Balaban J connectivity index is 2.33. The second-order valence-electron chi connectivity index (χ2n) is 4.49. The smallest absolute Gasteiger partial charge is 0.423 e. The van der Waals surface area contributed by atoms with Crippen LogP contribution in [0.25, 0.3) is 22.0 Å². The molecule has 0 radical (unpaired) electrons. The lowest BCUT2D eigenvalue weighted by Crippen LogP contribution is -2.31. The van der Waals surface area contributed by atoms with Crippen LogP contribution in [0.1, 0.15) is 0 Å². The van der Waals surface area contributed by atoms with Crippen molar-refractivity contribution in [3.63, 3.8) is 0 Å². The van der Waals surface area contributed by atoms with E-state index in [1.54, 1.807) is 18.3 Å². The van der Waals surface area contributed by atoms with Gasteiger partial charge in [-0.05, 0) is 29.2 Å². The normalized spacial score (nSPS) is 10.8. The first kappa shape index (κ1) is 13.3. The third-order valence-electron chi connectivity index (χ3n) is 3.22.